The number of para-hydroxylation sites is 3. The van der Waals surface area contributed by atoms with Crippen LogP contribution in [0.15, 0.2) is 236 Å². The highest BCUT2D eigenvalue weighted by Gasteiger charge is 2.55. The van der Waals surface area contributed by atoms with E-state index in [1.54, 1.807) is 93.8 Å². The number of piperidine rings is 3. The minimum atomic E-state index is -3.49. The molecule has 149 heavy (non-hydrogen) atoms. The molecule has 0 aliphatic carbocycles. The maximum atomic E-state index is 12.5. The average Bonchev–Trinajstić information content (AvgIpc) is 1.62. The number of likely N-dealkylation sites (tertiary alicyclic amines) is 2. The number of allylic oxidation sites excluding steroid dienone is 2. The van der Waals surface area contributed by atoms with Crippen molar-refractivity contribution >= 4 is 198 Å². The van der Waals surface area contributed by atoms with E-state index in [4.69, 9.17) is 49.8 Å². The Balaban J connectivity index is -0.000000215. The van der Waals surface area contributed by atoms with Crippen LogP contribution in [0.3, 0.4) is 0 Å². The maximum Gasteiger partial charge on any atom is 0.495 e. The number of nitrogens with one attached hydrogen (secondary N) is 1. The number of carbonyl (C=O) groups excluding carboxylic acids is 3. The van der Waals surface area contributed by atoms with E-state index in [2.05, 4.69) is 247 Å². The number of halogens is 7. The number of carboxylic acid groups (broad SMARTS) is 1. The molecule has 14 heterocycles. The highest BCUT2D eigenvalue weighted by Crippen LogP contribution is 2.48. The second-order valence-electron chi connectivity index (χ2n) is 33.8. The van der Waals surface area contributed by atoms with E-state index < -0.39 is 51.1 Å². The molecule has 39 heteroatoms. The number of fused-ring (bicyclic) bond motifs is 3. The lowest BCUT2D eigenvalue weighted by molar-refractivity contribution is -0.00235. The molecule has 10 aromatic rings. The Morgan fingerprint density at radius 3 is 1.26 bits per heavy atom. The number of imidazole rings is 1. The zero-order valence-corrected chi connectivity index (χ0v) is 90.1. The number of amides is 3. The summed E-state index contributed by atoms with van der Waals surface area (Å²) in [4.78, 5) is 81.9. The van der Waals surface area contributed by atoms with E-state index in [1.165, 1.54) is 47.6 Å². The Hall–Kier alpha value is -8.47. The number of nitrogens with two attached hydrogens (primary N) is 1. The van der Waals surface area contributed by atoms with Crippen LogP contribution in [-0.4, -0.2) is 190 Å². The van der Waals surface area contributed by atoms with Crippen LogP contribution in [0, 0.1) is 6.57 Å². The van der Waals surface area contributed by atoms with Crippen LogP contribution >= 0.6 is 134 Å². The van der Waals surface area contributed by atoms with Gasteiger partial charge in [-0.15, -0.1) is 27.7 Å². The number of primary sulfonamides is 1. The van der Waals surface area contributed by atoms with Gasteiger partial charge in [-0.3, -0.25) is 14.8 Å². The smallest absolute Gasteiger partial charge is 0.482 e. The summed E-state index contributed by atoms with van der Waals surface area (Å²) < 4.78 is 72.0. The van der Waals surface area contributed by atoms with Gasteiger partial charge in [0.05, 0.1) is 41.4 Å². The maximum absolute atomic E-state index is 12.5. The van der Waals surface area contributed by atoms with Crippen molar-refractivity contribution in [2.45, 2.75) is 298 Å². The first-order valence-corrected chi connectivity index (χ1v) is 51.1. The van der Waals surface area contributed by atoms with Crippen LogP contribution in [0.25, 0.3) is 21.5 Å². The molecule has 0 atom stereocenters. The van der Waals surface area contributed by atoms with Crippen LogP contribution in [0.1, 0.15) is 292 Å². The molecule has 28 nitrogen and oxygen atoms in total. The number of rotatable bonds is 6. The standard InChI is InChI=1S/C24H34BNO5.C19H25NO3.C14H17NO.C10H13BrN2O.C6H3BrN2.C6H4BrNO2.C4H5BrN2.C4H3BrN2.C4H4BrNO2S2.C3H2BrNS.16CH4/c1-21(2,3)29-20(27)26-14-12-24(13-15-26)16-18(17-10-8-9-11-19(17)28-24)25-30-22(4,5)23(6,7)31-25;1-14-13-19(22-16-8-6-5-7-15(14)16)9-11-20(12-10-19)17(21)23-18(2,3)4;1-11-10-14(6-8-15-9-7-14)16-13-5-3-2-4-12(11)13;1-3-13(4-2)10(14)8-5-9(11)7-12-6-8;1-8-6-3-2-5(7)4-9-6;7-5-1-4(6(9)10)2-8-3-5;1-7-2-4(5)6-3-7;5-4-1-6-3-7-2-4;5-3-1-2-4(9-3)10(6,7)8;4-3-5-1-2-6-3;;;;;;;;;;;;;;;;/h8-11,16H,12-15H2,1-7H3;5-8,13H,9-12H2,1-4H3;2-5,10,15H,6-9H2,1H3;5-7H,3-4H2,1-2H3;2-4H;1-3H,(H,9,10);2-3H,1H3;1-3H;1-2H,(H2,6,7,8);1-2H;16*1H4. The van der Waals surface area contributed by atoms with E-state index in [0.29, 0.717) is 54.9 Å². The zero-order valence-electron chi connectivity index (χ0n) is 76.6. The lowest BCUT2D eigenvalue weighted by Crippen LogP contribution is -2.51. The Kier molecular flexibility index (Phi) is 77.5. The van der Waals surface area contributed by atoms with Gasteiger partial charge in [-0.25, -0.2) is 47.9 Å². The lowest BCUT2D eigenvalue weighted by Gasteiger charge is -2.43. The van der Waals surface area contributed by atoms with E-state index in [-0.39, 0.29) is 158 Å². The van der Waals surface area contributed by atoms with Crippen LogP contribution in [0.4, 0.5) is 15.4 Å². The first-order chi connectivity index (χ1) is 62.7. The number of pyridine rings is 3. The molecule has 3 aromatic carbocycles. The number of hydrogen-bond acceptors (Lipinski definition) is 23. The highest BCUT2D eigenvalue weighted by atomic mass is 79.9. The number of hydrogen-bond donors (Lipinski definition) is 3. The third-order valence-corrected chi connectivity index (χ3v) is 27.4. The Labute approximate surface area is 964 Å². The van der Waals surface area contributed by atoms with Gasteiger partial charge in [0, 0.05) is 165 Å². The zero-order chi connectivity index (χ0) is 97.7. The van der Waals surface area contributed by atoms with Crippen LogP contribution < -0.4 is 24.7 Å². The van der Waals surface area contributed by atoms with E-state index >= 15 is 0 Å². The summed E-state index contributed by atoms with van der Waals surface area (Å²) in [5, 5.41) is 18.6. The van der Waals surface area contributed by atoms with Gasteiger partial charge < -0.3 is 67.5 Å². The molecule has 7 aromatic heterocycles. The van der Waals surface area contributed by atoms with Crippen LogP contribution in [0.5, 0.6) is 17.2 Å². The van der Waals surface area contributed by atoms with Crippen molar-refractivity contribution < 1.29 is 65.7 Å². The number of aromatic carboxylic acids is 1. The molecule has 4 fully saturated rings. The molecule has 838 valence electrons. The van der Waals surface area contributed by atoms with Crippen molar-refractivity contribution in [3.05, 3.63) is 271 Å². The van der Waals surface area contributed by atoms with Gasteiger partial charge in [0.2, 0.25) is 10.0 Å². The molecule has 4 N–H and O–H groups in total. The second-order valence-corrected chi connectivity index (χ2v) is 44.7. The van der Waals surface area contributed by atoms with Crippen LogP contribution in [0.2, 0.25) is 0 Å². The van der Waals surface area contributed by atoms with Gasteiger partial charge in [-0.2, -0.15) is 0 Å². The highest BCUT2D eigenvalue weighted by molar-refractivity contribution is 9.11. The number of thiazole rings is 1. The van der Waals surface area contributed by atoms with Gasteiger partial charge in [0.25, 0.3) is 11.7 Å². The predicted molar refractivity (Wildman–Crippen MR) is 655 cm³/mol. The summed E-state index contributed by atoms with van der Waals surface area (Å²) in [7, 11) is -2.03. The Morgan fingerprint density at radius 1 is 0.537 bits per heavy atom. The monoisotopic (exact) mass is 2570 g/mol. The minimum absolute atomic E-state index is 0. The molecule has 0 bridgehead atoms. The molecular formula is C110H174BBr7N14O14S3. The lowest BCUT2D eigenvalue weighted by atomic mass is 9.69. The molecule has 0 saturated carbocycles. The minimum Gasteiger partial charge on any atom is -0.482 e. The first-order valence-electron chi connectivity index (χ1n) is 42.3. The largest absolute Gasteiger partial charge is 0.495 e. The number of thiophene rings is 1. The van der Waals surface area contributed by atoms with E-state index in [0.717, 1.165) is 123 Å². The summed E-state index contributed by atoms with van der Waals surface area (Å²) in [6.07, 6.45) is 29.2. The number of ether oxygens (including phenoxy) is 5. The molecule has 3 spiro atoms. The molecule has 7 aliphatic heterocycles. The number of carbonyl (C=O) groups is 4. The summed E-state index contributed by atoms with van der Waals surface area (Å²) in [6.45, 7) is 40.4. The molecule has 3 amide bonds. The summed E-state index contributed by atoms with van der Waals surface area (Å²) >= 11 is 25.0. The van der Waals surface area contributed by atoms with E-state index in [1.807, 2.05) is 121 Å². The molecule has 0 unspecified atom stereocenters. The summed E-state index contributed by atoms with van der Waals surface area (Å²) in [6, 6.07) is 34.3. The second kappa shape index (κ2) is 73.0. The van der Waals surface area contributed by atoms with Crippen molar-refractivity contribution in [3.8, 4) is 17.2 Å². The predicted octanol–water partition coefficient (Wildman–Crippen LogP) is 33.6. The number of nitrogens with zero attached hydrogens (tertiary/aromatic N) is 12. The topological polar surface area (TPSA) is 335 Å². The van der Waals surface area contributed by atoms with E-state index in [9.17, 15) is 27.6 Å². The fraction of sp³-hybridized carbons (Fsp3) is 0.473. The Morgan fingerprint density at radius 2 is 0.946 bits per heavy atom. The van der Waals surface area contributed by atoms with Crippen LogP contribution in [-0.2, 0) is 35.9 Å². The number of aryl methyl sites for hydroxylation is 1. The van der Waals surface area contributed by atoms with Crippen molar-refractivity contribution in [1.82, 2.24) is 59.5 Å². The number of benzene rings is 3. The normalized spacial score (nSPS) is 14.4. The quantitative estimate of drug-likeness (QED) is 0.103. The molecular weight excluding hydrogens is 2410 g/mol. The first kappa shape index (κ1) is 158. The van der Waals surface area contributed by atoms with Gasteiger partial charge in [-0.05, 0) is 305 Å². The van der Waals surface area contributed by atoms with Gasteiger partial charge >= 0.3 is 25.3 Å². The number of aromatic nitrogens is 8. The average molecular weight is 2580 g/mol. The van der Waals surface area contributed by atoms with Crippen molar-refractivity contribution in [2.75, 3.05) is 52.4 Å². The Bertz CT molecular complexity index is 5730. The SMILES string of the molecule is Brc1cncnc1.Brc1nccs1.C.C.C.C.C.C.C.C.C.C.C.C.C.C.C.C.CC(C)(C)OC(=O)N1CCC2(C=C(B3OC(C)(C)C(C)(C)O3)c3ccccc3O2)CC1.CC1=CC2(CCN(C(=O)OC(C)(C)C)CC2)Oc2ccccc21.CC1=CC2(CCNCC2)Oc2ccccc21.CCN(CC)C(=O)c1cncc(Br)c1.Cn1cnc(Br)c1.NS(=O)(=O)c1ccc(Br)s1.O=C(O)c1cncc(Br)c1.[C-]#[N+]c1ccc(Br)cn1. The van der Waals surface area contributed by atoms with Gasteiger partial charge in [0.1, 0.15) is 66.6 Å². The van der Waals surface area contributed by atoms with Gasteiger partial charge in [-0.1, -0.05) is 186 Å². The van der Waals surface area contributed by atoms with Crippen molar-refractivity contribution in [3.63, 3.8) is 0 Å². The summed E-state index contributed by atoms with van der Waals surface area (Å²) in [5.74, 6) is 2.32. The molecule has 4 saturated heterocycles. The number of carboxylic acids is 1. The number of sulfonamides is 1. The van der Waals surface area contributed by atoms with Crippen molar-refractivity contribution in [1.29, 1.82) is 0 Å². The fourth-order valence-corrected chi connectivity index (χ4v) is 18.5. The fourth-order valence-electron chi connectivity index (χ4n) is 13.7. The third kappa shape index (κ3) is 50.5. The summed E-state index contributed by atoms with van der Waals surface area (Å²) in [5.41, 5.74) is 5.19. The van der Waals surface area contributed by atoms with Crippen molar-refractivity contribution in [2.24, 2.45) is 12.2 Å². The third-order valence-electron chi connectivity index (χ3n) is 20.8. The molecule has 17 rings (SSSR count). The molecule has 0 radical (unpaired) electrons. The van der Waals surface area contributed by atoms with Gasteiger partial charge in [0.15, 0.2) is 3.92 Å². The molecule has 7 aliphatic rings.